The zero-order chi connectivity index (χ0) is 14.5. The molecule has 0 saturated carbocycles. The maximum atomic E-state index is 11.8. The van der Waals surface area contributed by atoms with Crippen molar-refractivity contribution < 1.29 is 9.53 Å². The Morgan fingerprint density at radius 3 is 2.95 bits per heavy atom. The van der Waals surface area contributed by atoms with Gasteiger partial charge in [-0.3, -0.25) is 5.32 Å². The van der Waals surface area contributed by atoms with Crippen molar-refractivity contribution in [3.05, 3.63) is 42.6 Å². The lowest BCUT2D eigenvalue weighted by atomic mass is 10.1. The standard InChI is InChI=1S/C15H18N4O2/c20-15(16-10-12-7-9-21-11-12)17-14-6-8-19(18-14)13-4-2-1-3-5-13/h1-6,8,12H,7,9-11H2,(H2,16,17,18,20). The number of rotatable bonds is 4. The van der Waals surface area contributed by atoms with Crippen LogP contribution in [0.3, 0.4) is 0 Å². The number of urea groups is 1. The number of para-hydroxylation sites is 1. The quantitative estimate of drug-likeness (QED) is 0.903. The molecule has 1 saturated heterocycles. The minimum absolute atomic E-state index is 0.236. The molecule has 2 aromatic rings. The molecule has 110 valence electrons. The van der Waals surface area contributed by atoms with Gasteiger partial charge >= 0.3 is 6.03 Å². The summed E-state index contributed by atoms with van der Waals surface area (Å²) in [6, 6.07) is 11.3. The second-order valence-corrected chi connectivity index (χ2v) is 5.05. The van der Waals surface area contributed by atoms with E-state index >= 15 is 0 Å². The van der Waals surface area contributed by atoms with E-state index in [-0.39, 0.29) is 6.03 Å². The van der Waals surface area contributed by atoms with Crippen LogP contribution in [0.1, 0.15) is 6.42 Å². The second kappa shape index (κ2) is 6.41. The molecule has 6 nitrogen and oxygen atoms in total. The number of nitrogens with zero attached hydrogens (tertiary/aromatic N) is 2. The van der Waals surface area contributed by atoms with Gasteiger partial charge in [-0.05, 0) is 18.6 Å². The predicted octanol–water partition coefficient (Wildman–Crippen LogP) is 2.03. The van der Waals surface area contributed by atoms with Crippen LogP contribution in [0.25, 0.3) is 5.69 Å². The van der Waals surface area contributed by atoms with E-state index in [1.165, 1.54) is 0 Å². The third-order valence-electron chi connectivity index (χ3n) is 3.43. The fourth-order valence-corrected chi connectivity index (χ4v) is 2.26. The van der Waals surface area contributed by atoms with Crippen LogP contribution >= 0.6 is 0 Å². The van der Waals surface area contributed by atoms with Crippen LogP contribution in [0.15, 0.2) is 42.6 Å². The van der Waals surface area contributed by atoms with Gasteiger partial charge in [0.05, 0.1) is 12.3 Å². The number of carbonyl (C=O) groups excluding carboxylic acids is 1. The number of hydrogen-bond acceptors (Lipinski definition) is 3. The molecule has 21 heavy (non-hydrogen) atoms. The number of nitrogens with one attached hydrogen (secondary N) is 2. The molecule has 1 unspecified atom stereocenters. The van der Waals surface area contributed by atoms with Crippen molar-refractivity contribution in [3.63, 3.8) is 0 Å². The molecule has 1 atom stereocenters. The number of anilines is 1. The monoisotopic (exact) mass is 286 g/mol. The zero-order valence-corrected chi connectivity index (χ0v) is 11.7. The summed E-state index contributed by atoms with van der Waals surface area (Å²) in [5.41, 5.74) is 0.953. The van der Waals surface area contributed by atoms with Crippen LogP contribution < -0.4 is 10.6 Å². The average molecular weight is 286 g/mol. The van der Waals surface area contributed by atoms with Gasteiger partial charge in [-0.2, -0.15) is 0 Å². The van der Waals surface area contributed by atoms with Crippen LogP contribution in [0.4, 0.5) is 10.6 Å². The van der Waals surface area contributed by atoms with Crippen molar-refractivity contribution in [2.45, 2.75) is 6.42 Å². The Balaban J connectivity index is 1.53. The molecular weight excluding hydrogens is 268 g/mol. The Morgan fingerprint density at radius 1 is 1.33 bits per heavy atom. The summed E-state index contributed by atoms with van der Waals surface area (Å²) < 4.78 is 7.00. The van der Waals surface area contributed by atoms with Gasteiger partial charge in [0, 0.05) is 31.3 Å². The summed E-state index contributed by atoms with van der Waals surface area (Å²) in [4.78, 5) is 11.8. The van der Waals surface area contributed by atoms with Gasteiger partial charge in [-0.25, -0.2) is 9.48 Å². The molecule has 0 bridgehead atoms. The molecule has 0 aliphatic carbocycles. The zero-order valence-electron chi connectivity index (χ0n) is 11.7. The number of ether oxygens (including phenoxy) is 1. The number of aromatic nitrogens is 2. The third-order valence-corrected chi connectivity index (χ3v) is 3.43. The van der Waals surface area contributed by atoms with E-state index in [9.17, 15) is 4.79 Å². The maximum Gasteiger partial charge on any atom is 0.320 e. The first-order valence-corrected chi connectivity index (χ1v) is 7.05. The van der Waals surface area contributed by atoms with E-state index in [4.69, 9.17) is 4.74 Å². The second-order valence-electron chi connectivity index (χ2n) is 5.05. The highest BCUT2D eigenvalue weighted by atomic mass is 16.5. The van der Waals surface area contributed by atoms with Crippen molar-refractivity contribution >= 4 is 11.8 Å². The van der Waals surface area contributed by atoms with Crippen LogP contribution in [0.2, 0.25) is 0 Å². The Bertz CT molecular complexity index is 591. The largest absolute Gasteiger partial charge is 0.381 e. The van der Waals surface area contributed by atoms with Gasteiger partial charge in [0.2, 0.25) is 0 Å². The minimum Gasteiger partial charge on any atom is -0.381 e. The van der Waals surface area contributed by atoms with Gasteiger partial charge in [-0.15, -0.1) is 5.10 Å². The van der Waals surface area contributed by atoms with Gasteiger partial charge < -0.3 is 10.1 Å². The summed E-state index contributed by atoms with van der Waals surface area (Å²) >= 11 is 0. The van der Waals surface area contributed by atoms with Crippen molar-refractivity contribution in [2.75, 3.05) is 25.1 Å². The topological polar surface area (TPSA) is 68.2 Å². The predicted molar refractivity (Wildman–Crippen MR) is 79.5 cm³/mol. The number of amides is 2. The Hall–Kier alpha value is -2.34. The average Bonchev–Trinajstić information content (AvgIpc) is 3.17. The molecule has 0 radical (unpaired) electrons. The normalized spacial score (nSPS) is 17.6. The summed E-state index contributed by atoms with van der Waals surface area (Å²) in [6.45, 7) is 2.14. The number of benzene rings is 1. The Morgan fingerprint density at radius 2 is 2.19 bits per heavy atom. The maximum absolute atomic E-state index is 11.8. The van der Waals surface area contributed by atoms with Gasteiger partial charge in [0.25, 0.3) is 0 Å². The van der Waals surface area contributed by atoms with Crippen LogP contribution in [0, 0.1) is 5.92 Å². The highest BCUT2D eigenvalue weighted by Gasteiger charge is 2.16. The fraction of sp³-hybridized carbons (Fsp3) is 0.333. The molecule has 1 aliphatic rings. The first-order chi connectivity index (χ1) is 10.3. The number of carbonyl (C=O) groups is 1. The highest BCUT2D eigenvalue weighted by molar-refractivity contribution is 5.88. The molecule has 2 heterocycles. The summed E-state index contributed by atoms with van der Waals surface area (Å²) in [6.07, 6.45) is 2.82. The van der Waals surface area contributed by atoms with E-state index in [0.29, 0.717) is 18.3 Å². The first-order valence-electron chi connectivity index (χ1n) is 7.05. The van der Waals surface area contributed by atoms with E-state index in [1.807, 2.05) is 36.5 Å². The fourth-order valence-electron chi connectivity index (χ4n) is 2.26. The first kappa shape index (κ1) is 13.6. The van der Waals surface area contributed by atoms with E-state index in [0.717, 1.165) is 25.3 Å². The van der Waals surface area contributed by atoms with Crippen molar-refractivity contribution in [1.82, 2.24) is 15.1 Å². The summed E-state index contributed by atoms with van der Waals surface area (Å²) in [7, 11) is 0. The molecule has 3 rings (SSSR count). The van der Waals surface area contributed by atoms with E-state index < -0.39 is 0 Å². The Kier molecular flexibility index (Phi) is 4.16. The van der Waals surface area contributed by atoms with E-state index in [1.54, 1.807) is 10.7 Å². The summed E-state index contributed by atoms with van der Waals surface area (Å²) in [5.74, 6) is 0.941. The van der Waals surface area contributed by atoms with Gasteiger partial charge in [0.15, 0.2) is 5.82 Å². The smallest absolute Gasteiger partial charge is 0.320 e. The van der Waals surface area contributed by atoms with Gasteiger partial charge in [0.1, 0.15) is 0 Å². The molecule has 1 aromatic carbocycles. The molecule has 1 aliphatic heterocycles. The van der Waals surface area contributed by atoms with Crippen LogP contribution in [0.5, 0.6) is 0 Å². The van der Waals surface area contributed by atoms with E-state index in [2.05, 4.69) is 15.7 Å². The molecule has 2 N–H and O–H groups in total. The van der Waals surface area contributed by atoms with Gasteiger partial charge in [-0.1, -0.05) is 18.2 Å². The SMILES string of the molecule is O=C(NCC1CCOC1)Nc1ccn(-c2ccccc2)n1. The molecular formula is C15H18N4O2. The molecule has 2 amide bonds. The number of hydrogen-bond donors (Lipinski definition) is 2. The summed E-state index contributed by atoms with van der Waals surface area (Å²) in [5, 5.41) is 9.90. The van der Waals surface area contributed by atoms with Crippen molar-refractivity contribution in [3.8, 4) is 5.69 Å². The lowest BCUT2D eigenvalue weighted by Crippen LogP contribution is -2.33. The molecule has 1 fully saturated rings. The van der Waals surface area contributed by atoms with Crippen molar-refractivity contribution in [2.24, 2.45) is 5.92 Å². The molecule has 1 aromatic heterocycles. The lowest BCUT2D eigenvalue weighted by molar-refractivity contribution is 0.185. The molecule has 6 heteroatoms. The van der Waals surface area contributed by atoms with Crippen LogP contribution in [-0.2, 0) is 4.74 Å². The molecule has 0 spiro atoms. The highest BCUT2D eigenvalue weighted by Crippen LogP contribution is 2.11. The Labute approximate surface area is 123 Å². The minimum atomic E-state index is -0.236. The lowest BCUT2D eigenvalue weighted by Gasteiger charge is -2.09. The van der Waals surface area contributed by atoms with Crippen molar-refractivity contribution in [1.29, 1.82) is 0 Å². The van der Waals surface area contributed by atoms with Crippen LogP contribution in [-0.4, -0.2) is 35.6 Å². The third kappa shape index (κ3) is 3.61.